The highest BCUT2D eigenvalue weighted by Gasteiger charge is 2.16. The number of aryl methyl sites for hydroxylation is 1. The molecule has 1 atom stereocenters. The summed E-state index contributed by atoms with van der Waals surface area (Å²) < 4.78 is 0.782. The molecule has 122 valence electrons. The van der Waals surface area contributed by atoms with Crippen molar-refractivity contribution in [2.75, 3.05) is 5.32 Å². The summed E-state index contributed by atoms with van der Waals surface area (Å²) in [5.41, 5.74) is 0.645. The van der Waals surface area contributed by atoms with Gasteiger partial charge < -0.3 is 0 Å². The molecule has 0 radical (unpaired) electrons. The maximum absolute atomic E-state index is 12.2. The van der Waals surface area contributed by atoms with Crippen LogP contribution in [-0.2, 0) is 0 Å². The van der Waals surface area contributed by atoms with Crippen LogP contribution in [0.15, 0.2) is 22.5 Å². The Balaban J connectivity index is 2.10. The van der Waals surface area contributed by atoms with E-state index in [1.54, 1.807) is 30.8 Å². The molecule has 2 aromatic rings. The van der Waals surface area contributed by atoms with Gasteiger partial charge in [0.15, 0.2) is 4.34 Å². The molecule has 0 aliphatic heterocycles. The number of amides is 1. The SMILES string of the molecule is CCC(C)Sc1nnc(NC(=O)c2ccc(C)c([N+](=O)[O-])c2)s1. The third-order valence-electron chi connectivity index (χ3n) is 3.17. The van der Waals surface area contributed by atoms with Gasteiger partial charge in [-0.1, -0.05) is 43.0 Å². The quantitative estimate of drug-likeness (QED) is 0.366. The Bertz CT molecular complexity index is 733. The normalized spacial score (nSPS) is 12.0. The van der Waals surface area contributed by atoms with Crippen molar-refractivity contribution >= 4 is 39.8 Å². The molecule has 1 amide bonds. The first-order valence-electron chi connectivity index (χ1n) is 6.97. The zero-order valence-electron chi connectivity index (χ0n) is 12.9. The van der Waals surface area contributed by atoms with Gasteiger partial charge in [-0.25, -0.2) is 0 Å². The van der Waals surface area contributed by atoms with Crippen molar-refractivity contribution in [3.8, 4) is 0 Å². The molecule has 0 saturated carbocycles. The highest BCUT2D eigenvalue weighted by atomic mass is 32.2. The van der Waals surface area contributed by atoms with Gasteiger partial charge in [0.1, 0.15) is 0 Å². The van der Waals surface area contributed by atoms with E-state index in [4.69, 9.17) is 0 Å². The van der Waals surface area contributed by atoms with Crippen molar-refractivity contribution in [2.24, 2.45) is 0 Å². The summed E-state index contributed by atoms with van der Waals surface area (Å²) in [5.74, 6) is -0.440. The van der Waals surface area contributed by atoms with Crippen LogP contribution in [0.4, 0.5) is 10.8 Å². The number of thioether (sulfide) groups is 1. The number of aromatic nitrogens is 2. The van der Waals surface area contributed by atoms with Crippen molar-refractivity contribution in [2.45, 2.75) is 36.8 Å². The molecule has 0 aliphatic rings. The molecule has 0 fully saturated rings. The predicted molar refractivity (Wildman–Crippen MR) is 91.3 cm³/mol. The molecule has 9 heteroatoms. The van der Waals surface area contributed by atoms with Gasteiger partial charge in [-0.3, -0.25) is 20.2 Å². The fourth-order valence-corrected chi connectivity index (χ4v) is 3.67. The molecule has 1 aromatic carbocycles. The average Bonchev–Trinajstić information content (AvgIpc) is 2.94. The second-order valence-electron chi connectivity index (χ2n) is 4.92. The maximum Gasteiger partial charge on any atom is 0.273 e. The highest BCUT2D eigenvalue weighted by molar-refractivity contribution is 8.01. The molecule has 2 rings (SSSR count). The Morgan fingerprint density at radius 1 is 1.48 bits per heavy atom. The maximum atomic E-state index is 12.2. The third kappa shape index (κ3) is 4.49. The van der Waals surface area contributed by atoms with Gasteiger partial charge in [0.2, 0.25) is 5.13 Å². The van der Waals surface area contributed by atoms with Gasteiger partial charge >= 0.3 is 0 Å². The number of carbonyl (C=O) groups excluding carboxylic acids is 1. The molecule has 0 aliphatic carbocycles. The van der Waals surface area contributed by atoms with Crippen LogP contribution in [0.2, 0.25) is 0 Å². The van der Waals surface area contributed by atoms with Gasteiger partial charge in [0.25, 0.3) is 11.6 Å². The summed E-state index contributed by atoms with van der Waals surface area (Å²) in [6, 6.07) is 4.37. The monoisotopic (exact) mass is 352 g/mol. The summed E-state index contributed by atoms with van der Waals surface area (Å²) in [6.45, 7) is 5.81. The summed E-state index contributed by atoms with van der Waals surface area (Å²) >= 11 is 2.89. The van der Waals surface area contributed by atoms with Crippen LogP contribution in [0.25, 0.3) is 0 Å². The van der Waals surface area contributed by atoms with Crippen molar-refractivity contribution in [1.29, 1.82) is 0 Å². The Morgan fingerprint density at radius 2 is 2.22 bits per heavy atom. The molecular weight excluding hydrogens is 336 g/mol. The van der Waals surface area contributed by atoms with E-state index in [0.29, 0.717) is 15.9 Å². The zero-order chi connectivity index (χ0) is 17.0. The van der Waals surface area contributed by atoms with E-state index in [0.717, 1.165) is 10.8 Å². The van der Waals surface area contributed by atoms with Crippen LogP contribution >= 0.6 is 23.1 Å². The van der Waals surface area contributed by atoms with E-state index in [-0.39, 0.29) is 11.3 Å². The Morgan fingerprint density at radius 3 is 2.87 bits per heavy atom. The van der Waals surface area contributed by atoms with Crippen molar-refractivity contribution in [3.05, 3.63) is 39.4 Å². The molecule has 0 spiro atoms. The second kappa shape index (κ2) is 7.51. The largest absolute Gasteiger partial charge is 0.296 e. The molecule has 0 saturated heterocycles. The lowest BCUT2D eigenvalue weighted by Gasteiger charge is -2.03. The fourth-order valence-electron chi connectivity index (χ4n) is 1.68. The smallest absolute Gasteiger partial charge is 0.273 e. The lowest BCUT2D eigenvalue weighted by atomic mass is 10.1. The molecule has 1 heterocycles. The first kappa shape index (κ1) is 17.4. The van der Waals surface area contributed by atoms with Crippen LogP contribution in [0.1, 0.15) is 36.2 Å². The van der Waals surface area contributed by atoms with E-state index in [1.807, 2.05) is 0 Å². The lowest BCUT2D eigenvalue weighted by molar-refractivity contribution is -0.385. The van der Waals surface area contributed by atoms with Crippen LogP contribution in [0.5, 0.6) is 0 Å². The number of nitro groups is 1. The number of carbonyl (C=O) groups is 1. The van der Waals surface area contributed by atoms with Crippen LogP contribution in [0, 0.1) is 17.0 Å². The van der Waals surface area contributed by atoms with Crippen molar-refractivity contribution in [1.82, 2.24) is 10.2 Å². The van der Waals surface area contributed by atoms with Crippen LogP contribution in [-0.4, -0.2) is 26.3 Å². The van der Waals surface area contributed by atoms with Crippen molar-refractivity contribution in [3.63, 3.8) is 0 Å². The Hall–Kier alpha value is -2.00. The predicted octanol–water partition coefficient (Wildman–Crippen LogP) is 3.90. The first-order chi connectivity index (χ1) is 10.9. The fraction of sp³-hybridized carbons (Fsp3) is 0.357. The number of benzene rings is 1. The van der Waals surface area contributed by atoms with Crippen molar-refractivity contribution < 1.29 is 9.72 Å². The first-order valence-corrected chi connectivity index (χ1v) is 8.67. The standard InChI is InChI=1S/C14H16N4O3S2/c1-4-9(3)22-14-17-16-13(23-14)15-12(19)10-6-5-8(2)11(7-10)18(20)21/h5-7,9H,4H2,1-3H3,(H,15,16,19). The molecule has 7 nitrogen and oxygen atoms in total. The minimum atomic E-state index is -0.502. The third-order valence-corrected chi connectivity index (χ3v) is 5.36. The molecule has 1 aromatic heterocycles. The number of nitrogens with one attached hydrogen (secondary N) is 1. The summed E-state index contributed by atoms with van der Waals surface area (Å²) in [4.78, 5) is 22.6. The lowest BCUT2D eigenvalue weighted by Crippen LogP contribution is -2.12. The number of nitro benzene ring substituents is 1. The van der Waals surface area contributed by atoms with Crippen LogP contribution in [0.3, 0.4) is 0 Å². The van der Waals surface area contributed by atoms with E-state index in [1.165, 1.54) is 17.4 Å². The van der Waals surface area contributed by atoms with Gasteiger partial charge in [-0.15, -0.1) is 10.2 Å². The van der Waals surface area contributed by atoms with Gasteiger partial charge in [0, 0.05) is 22.4 Å². The molecule has 1 unspecified atom stereocenters. The average molecular weight is 352 g/mol. The van der Waals surface area contributed by atoms with E-state index < -0.39 is 10.8 Å². The highest BCUT2D eigenvalue weighted by Crippen LogP contribution is 2.30. The number of nitrogens with zero attached hydrogens (tertiary/aromatic N) is 3. The van der Waals surface area contributed by atoms with E-state index in [2.05, 4.69) is 29.4 Å². The van der Waals surface area contributed by atoms with Gasteiger partial charge in [-0.2, -0.15) is 0 Å². The summed E-state index contributed by atoms with van der Waals surface area (Å²) in [7, 11) is 0. The summed E-state index contributed by atoms with van der Waals surface area (Å²) in [6.07, 6.45) is 1.01. The van der Waals surface area contributed by atoms with E-state index in [9.17, 15) is 14.9 Å². The van der Waals surface area contributed by atoms with Crippen LogP contribution < -0.4 is 5.32 Å². The summed E-state index contributed by atoms with van der Waals surface area (Å²) in [5, 5.41) is 22.3. The minimum absolute atomic E-state index is 0.0806. The number of hydrogen-bond acceptors (Lipinski definition) is 7. The zero-order valence-corrected chi connectivity index (χ0v) is 14.5. The topological polar surface area (TPSA) is 98.0 Å². The van der Waals surface area contributed by atoms with Gasteiger partial charge in [0.05, 0.1) is 4.92 Å². The Kier molecular flexibility index (Phi) is 5.67. The molecule has 0 bridgehead atoms. The molecular formula is C14H16N4O3S2. The number of hydrogen-bond donors (Lipinski definition) is 1. The number of rotatable bonds is 6. The Labute approximate surface area is 141 Å². The minimum Gasteiger partial charge on any atom is -0.296 e. The molecule has 1 N–H and O–H groups in total. The van der Waals surface area contributed by atoms with Gasteiger partial charge in [-0.05, 0) is 19.4 Å². The molecule has 23 heavy (non-hydrogen) atoms. The van der Waals surface area contributed by atoms with E-state index >= 15 is 0 Å². The second-order valence-corrected chi connectivity index (χ2v) is 7.59. The number of anilines is 1.